The van der Waals surface area contributed by atoms with Gasteiger partial charge in [-0.3, -0.25) is 4.79 Å². The van der Waals surface area contributed by atoms with Gasteiger partial charge < -0.3 is 19.3 Å². The zero-order chi connectivity index (χ0) is 12.5. The van der Waals surface area contributed by atoms with Crippen molar-refractivity contribution in [1.82, 2.24) is 14.7 Å². The molecule has 7 nitrogen and oxygen atoms in total. The molecule has 0 saturated carbocycles. The number of imidazole rings is 1. The Morgan fingerprint density at radius 1 is 1.56 bits per heavy atom. The van der Waals surface area contributed by atoms with Gasteiger partial charge in [0.05, 0.1) is 0 Å². The monoisotopic (exact) mass is 247 g/mol. The third-order valence-electron chi connectivity index (χ3n) is 2.82. The standard InChI is InChI=1S/C11H13N5O2/c1-8-6-9(14-18-8)13-10(17)7-16-5-4-15-3-2-12-11(15)16/h2-3,6H,4-5,7H2,1H3,(H,13,14,17). The largest absolute Gasteiger partial charge is 0.360 e. The highest BCUT2D eigenvalue weighted by Gasteiger charge is 2.22. The predicted octanol–water partition coefficient (Wildman–Crippen LogP) is 0.638. The molecule has 1 N–H and O–H groups in total. The highest BCUT2D eigenvalue weighted by Crippen LogP contribution is 2.17. The number of aromatic nitrogens is 3. The summed E-state index contributed by atoms with van der Waals surface area (Å²) in [6.07, 6.45) is 3.65. The number of nitrogens with one attached hydrogen (secondary N) is 1. The molecule has 0 radical (unpaired) electrons. The molecule has 0 aromatic carbocycles. The average molecular weight is 247 g/mol. The van der Waals surface area contributed by atoms with E-state index in [0.29, 0.717) is 11.6 Å². The summed E-state index contributed by atoms with van der Waals surface area (Å²) < 4.78 is 6.91. The van der Waals surface area contributed by atoms with Crippen molar-refractivity contribution in [2.45, 2.75) is 13.5 Å². The van der Waals surface area contributed by atoms with Gasteiger partial charge in [0, 0.05) is 31.5 Å². The molecule has 0 fully saturated rings. The number of hydrogen-bond donors (Lipinski definition) is 1. The second-order valence-corrected chi connectivity index (χ2v) is 4.21. The summed E-state index contributed by atoms with van der Waals surface area (Å²) in [4.78, 5) is 18.0. The minimum absolute atomic E-state index is 0.125. The molecule has 0 bridgehead atoms. The molecule has 1 aliphatic rings. The summed E-state index contributed by atoms with van der Waals surface area (Å²) in [7, 11) is 0. The van der Waals surface area contributed by atoms with Crippen LogP contribution in [0.5, 0.6) is 0 Å². The van der Waals surface area contributed by atoms with Crippen LogP contribution in [0.15, 0.2) is 23.0 Å². The minimum Gasteiger partial charge on any atom is -0.360 e. The Labute approximate surface area is 103 Å². The normalized spacial score (nSPS) is 13.7. The van der Waals surface area contributed by atoms with Crippen molar-refractivity contribution in [1.29, 1.82) is 0 Å². The molecule has 0 atom stereocenters. The van der Waals surface area contributed by atoms with Gasteiger partial charge in [-0.2, -0.15) is 0 Å². The van der Waals surface area contributed by atoms with Crippen LogP contribution in [0.3, 0.4) is 0 Å². The number of rotatable bonds is 3. The maximum atomic E-state index is 11.8. The van der Waals surface area contributed by atoms with Crippen molar-refractivity contribution in [3.8, 4) is 0 Å². The Kier molecular flexibility index (Phi) is 2.51. The van der Waals surface area contributed by atoms with Crippen molar-refractivity contribution in [2.75, 3.05) is 23.3 Å². The number of nitrogens with zero attached hydrogens (tertiary/aromatic N) is 4. The average Bonchev–Trinajstić information content (AvgIpc) is 2.98. The first kappa shape index (κ1) is 10.8. The lowest BCUT2D eigenvalue weighted by Gasteiger charge is -2.14. The molecule has 1 aliphatic heterocycles. The molecule has 1 amide bonds. The van der Waals surface area contributed by atoms with Crippen LogP contribution in [0, 0.1) is 6.92 Å². The molecule has 3 heterocycles. The summed E-state index contributed by atoms with van der Waals surface area (Å²) in [6, 6.07) is 1.68. The van der Waals surface area contributed by atoms with Gasteiger partial charge in [-0.25, -0.2) is 4.98 Å². The zero-order valence-electron chi connectivity index (χ0n) is 9.96. The van der Waals surface area contributed by atoms with E-state index in [0.717, 1.165) is 19.0 Å². The van der Waals surface area contributed by atoms with Crippen molar-refractivity contribution >= 4 is 17.7 Å². The predicted molar refractivity (Wildman–Crippen MR) is 64.3 cm³/mol. The summed E-state index contributed by atoms with van der Waals surface area (Å²) in [5.74, 6) is 1.82. The van der Waals surface area contributed by atoms with E-state index >= 15 is 0 Å². The number of carbonyl (C=O) groups excluding carboxylic acids is 1. The van der Waals surface area contributed by atoms with Gasteiger partial charge in [-0.1, -0.05) is 5.16 Å². The van der Waals surface area contributed by atoms with Gasteiger partial charge in [0.15, 0.2) is 5.82 Å². The number of fused-ring (bicyclic) bond motifs is 1. The maximum absolute atomic E-state index is 11.8. The van der Waals surface area contributed by atoms with Crippen LogP contribution in [0.4, 0.5) is 11.8 Å². The van der Waals surface area contributed by atoms with E-state index in [1.165, 1.54) is 0 Å². The van der Waals surface area contributed by atoms with Crippen molar-refractivity contribution in [3.63, 3.8) is 0 Å². The SMILES string of the molecule is Cc1cc(NC(=O)CN2CCn3ccnc32)no1. The Morgan fingerprint density at radius 3 is 3.22 bits per heavy atom. The maximum Gasteiger partial charge on any atom is 0.245 e. The first-order valence-electron chi connectivity index (χ1n) is 5.71. The summed E-state index contributed by atoms with van der Waals surface area (Å²) in [6.45, 7) is 3.71. The van der Waals surface area contributed by atoms with Crippen molar-refractivity contribution < 1.29 is 9.32 Å². The van der Waals surface area contributed by atoms with E-state index in [2.05, 4.69) is 15.5 Å². The molecule has 0 saturated heterocycles. The van der Waals surface area contributed by atoms with E-state index < -0.39 is 0 Å². The van der Waals surface area contributed by atoms with Gasteiger partial charge in [0.2, 0.25) is 11.9 Å². The fraction of sp³-hybridized carbons (Fsp3) is 0.364. The molecule has 3 rings (SSSR count). The van der Waals surface area contributed by atoms with Crippen LogP contribution in [-0.2, 0) is 11.3 Å². The minimum atomic E-state index is -0.125. The highest BCUT2D eigenvalue weighted by molar-refractivity contribution is 5.93. The van der Waals surface area contributed by atoms with Gasteiger partial charge in [-0.15, -0.1) is 0 Å². The van der Waals surface area contributed by atoms with E-state index in [-0.39, 0.29) is 12.5 Å². The molecule has 18 heavy (non-hydrogen) atoms. The molecule has 2 aromatic heterocycles. The van der Waals surface area contributed by atoms with Gasteiger partial charge >= 0.3 is 0 Å². The molecule has 0 unspecified atom stereocenters. The smallest absolute Gasteiger partial charge is 0.245 e. The number of hydrogen-bond acceptors (Lipinski definition) is 5. The van der Waals surface area contributed by atoms with Crippen LogP contribution in [0.2, 0.25) is 0 Å². The molecular formula is C11H13N5O2. The van der Waals surface area contributed by atoms with Gasteiger partial charge in [-0.05, 0) is 6.92 Å². The molecule has 2 aromatic rings. The Bertz CT molecular complexity index is 574. The summed E-state index contributed by atoms with van der Waals surface area (Å²) >= 11 is 0. The zero-order valence-corrected chi connectivity index (χ0v) is 9.96. The van der Waals surface area contributed by atoms with Crippen molar-refractivity contribution in [2.24, 2.45) is 0 Å². The fourth-order valence-electron chi connectivity index (χ4n) is 2.02. The van der Waals surface area contributed by atoms with Crippen LogP contribution in [-0.4, -0.2) is 33.7 Å². The lowest BCUT2D eigenvalue weighted by Crippen LogP contribution is -2.32. The number of carbonyl (C=O) groups is 1. The Morgan fingerprint density at radius 2 is 2.44 bits per heavy atom. The first-order chi connectivity index (χ1) is 8.72. The molecule has 0 spiro atoms. The van der Waals surface area contributed by atoms with E-state index in [1.54, 1.807) is 19.2 Å². The van der Waals surface area contributed by atoms with Gasteiger partial charge in [0.25, 0.3) is 0 Å². The van der Waals surface area contributed by atoms with Crippen LogP contribution < -0.4 is 10.2 Å². The lowest BCUT2D eigenvalue weighted by atomic mass is 10.4. The van der Waals surface area contributed by atoms with Crippen molar-refractivity contribution in [3.05, 3.63) is 24.2 Å². The first-order valence-corrected chi connectivity index (χ1v) is 5.71. The highest BCUT2D eigenvalue weighted by atomic mass is 16.5. The second-order valence-electron chi connectivity index (χ2n) is 4.21. The quantitative estimate of drug-likeness (QED) is 0.861. The number of anilines is 2. The Balaban J connectivity index is 1.62. The van der Waals surface area contributed by atoms with Crippen LogP contribution in [0.25, 0.3) is 0 Å². The van der Waals surface area contributed by atoms with E-state index in [1.807, 2.05) is 15.7 Å². The topological polar surface area (TPSA) is 76.2 Å². The van der Waals surface area contributed by atoms with E-state index in [9.17, 15) is 4.79 Å². The third-order valence-corrected chi connectivity index (χ3v) is 2.82. The van der Waals surface area contributed by atoms with Gasteiger partial charge in [0.1, 0.15) is 12.3 Å². The number of aryl methyl sites for hydroxylation is 1. The Hall–Kier alpha value is -2.31. The molecular weight excluding hydrogens is 234 g/mol. The van der Waals surface area contributed by atoms with E-state index in [4.69, 9.17) is 4.52 Å². The molecule has 7 heteroatoms. The fourth-order valence-corrected chi connectivity index (χ4v) is 2.02. The summed E-state index contributed by atoms with van der Waals surface area (Å²) in [5, 5.41) is 6.41. The van der Waals surface area contributed by atoms with Crippen LogP contribution >= 0.6 is 0 Å². The summed E-state index contributed by atoms with van der Waals surface area (Å²) in [5.41, 5.74) is 0. The lowest BCUT2D eigenvalue weighted by molar-refractivity contribution is -0.115. The van der Waals surface area contributed by atoms with Crippen LogP contribution in [0.1, 0.15) is 5.76 Å². The molecule has 0 aliphatic carbocycles. The molecule has 94 valence electrons. The number of amides is 1. The third kappa shape index (κ3) is 1.94. The second kappa shape index (κ2) is 4.17.